The molecule has 0 radical (unpaired) electrons. The summed E-state index contributed by atoms with van der Waals surface area (Å²) in [5, 5.41) is 26.5. The molecule has 1 heterocycles. The number of aliphatic hydroxyl groups excluding tert-OH is 1. The van der Waals surface area contributed by atoms with Gasteiger partial charge in [-0.2, -0.15) is 0 Å². The lowest BCUT2D eigenvalue weighted by atomic mass is 9.98. The number of hydrogen-bond donors (Lipinski definition) is 8. The van der Waals surface area contributed by atoms with Crippen LogP contribution in [0.2, 0.25) is 0 Å². The van der Waals surface area contributed by atoms with E-state index in [0.29, 0.717) is 12.1 Å². The summed E-state index contributed by atoms with van der Waals surface area (Å²) in [7, 11) is 0. The molecule has 196 valence electrons. The summed E-state index contributed by atoms with van der Waals surface area (Å²) in [5.41, 5.74) is 11.5. The van der Waals surface area contributed by atoms with E-state index >= 15 is 0 Å². The summed E-state index contributed by atoms with van der Waals surface area (Å²) in [4.78, 5) is 67.4. The van der Waals surface area contributed by atoms with Crippen molar-refractivity contribution in [3.8, 4) is 0 Å². The molecule has 1 rings (SSSR count). The third-order valence-corrected chi connectivity index (χ3v) is 5.53. The number of amides is 4. The Morgan fingerprint density at radius 3 is 2.17 bits per heavy atom. The fourth-order valence-corrected chi connectivity index (χ4v) is 3.07. The van der Waals surface area contributed by atoms with E-state index in [0.717, 1.165) is 0 Å². The summed E-state index contributed by atoms with van der Waals surface area (Å²) in [6.45, 7) is 4.89. The Morgan fingerprint density at radius 1 is 1.06 bits per heavy atom. The highest BCUT2D eigenvalue weighted by atomic mass is 16.4. The standard InChI is InChI=1S/C21H35N7O7/c1-4-10(2)16(23)19(32)27-14(7-12-8-24-9-25-12)18(31)28-17(11(3)29)20(33)26-13(21(34)35)5-6-15(22)30/h8-11,13-14,16-17,29H,4-7,23H2,1-3H3,(H2,22,30)(H,24,25)(H,26,33)(H,27,32)(H,28,31)(H,34,35). The van der Waals surface area contributed by atoms with Gasteiger partial charge in [0.15, 0.2) is 0 Å². The predicted molar refractivity (Wildman–Crippen MR) is 123 cm³/mol. The van der Waals surface area contributed by atoms with Crippen LogP contribution in [-0.2, 0) is 30.4 Å². The number of rotatable bonds is 15. The van der Waals surface area contributed by atoms with Gasteiger partial charge in [-0.15, -0.1) is 0 Å². The van der Waals surface area contributed by atoms with Crippen molar-refractivity contribution in [2.45, 2.75) is 76.7 Å². The number of imidazole rings is 1. The molecule has 0 aliphatic heterocycles. The van der Waals surface area contributed by atoms with Crippen molar-refractivity contribution in [3.63, 3.8) is 0 Å². The third-order valence-electron chi connectivity index (χ3n) is 5.53. The van der Waals surface area contributed by atoms with E-state index in [9.17, 15) is 34.2 Å². The highest BCUT2D eigenvalue weighted by Crippen LogP contribution is 2.08. The fraction of sp³-hybridized carbons (Fsp3) is 0.619. The molecule has 0 aromatic carbocycles. The summed E-state index contributed by atoms with van der Waals surface area (Å²) in [6.07, 6.45) is 1.47. The van der Waals surface area contributed by atoms with Crippen molar-refractivity contribution in [3.05, 3.63) is 18.2 Å². The van der Waals surface area contributed by atoms with Gasteiger partial charge in [0.2, 0.25) is 23.6 Å². The van der Waals surface area contributed by atoms with Crippen LogP contribution in [0.3, 0.4) is 0 Å². The third kappa shape index (κ3) is 9.70. The molecular formula is C21H35N7O7. The summed E-state index contributed by atoms with van der Waals surface area (Å²) in [5.74, 6) is -4.70. The zero-order chi connectivity index (χ0) is 26.7. The molecule has 6 atom stereocenters. The Kier molecular flexibility index (Phi) is 11.8. The average molecular weight is 498 g/mol. The van der Waals surface area contributed by atoms with Gasteiger partial charge >= 0.3 is 5.97 Å². The predicted octanol–water partition coefficient (Wildman–Crippen LogP) is -2.49. The number of aromatic nitrogens is 2. The highest BCUT2D eigenvalue weighted by Gasteiger charge is 2.33. The topological polar surface area (TPSA) is 243 Å². The van der Waals surface area contributed by atoms with Crippen LogP contribution in [0.5, 0.6) is 0 Å². The second kappa shape index (κ2) is 14.0. The quantitative estimate of drug-likeness (QED) is 0.128. The zero-order valence-electron chi connectivity index (χ0n) is 20.0. The first-order valence-electron chi connectivity index (χ1n) is 11.2. The van der Waals surface area contributed by atoms with Gasteiger partial charge in [0.1, 0.15) is 18.1 Å². The Labute approximate surface area is 202 Å². The van der Waals surface area contributed by atoms with Crippen LogP contribution >= 0.6 is 0 Å². The molecule has 0 bridgehead atoms. The van der Waals surface area contributed by atoms with Gasteiger partial charge in [-0.05, 0) is 19.3 Å². The number of aliphatic carboxylic acids is 1. The molecule has 0 saturated carbocycles. The maximum Gasteiger partial charge on any atom is 0.326 e. The SMILES string of the molecule is CCC(C)C(N)C(=O)NC(Cc1cnc[nH]1)C(=O)NC(C(=O)NC(CCC(N)=O)C(=O)O)C(C)O. The van der Waals surface area contributed by atoms with Gasteiger partial charge in [0, 0.05) is 24.7 Å². The monoisotopic (exact) mass is 497 g/mol. The smallest absolute Gasteiger partial charge is 0.326 e. The maximum absolute atomic E-state index is 13.1. The first-order chi connectivity index (χ1) is 16.4. The summed E-state index contributed by atoms with van der Waals surface area (Å²) < 4.78 is 0. The van der Waals surface area contributed by atoms with E-state index in [1.165, 1.54) is 19.4 Å². The molecule has 0 fully saturated rings. The summed E-state index contributed by atoms with van der Waals surface area (Å²) in [6, 6.07) is -5.09. The average Bonchev–Trinajstić information content (AvgIpc) is 3.30. The number of aliphatic hydroxyl groups is 1. The first-order valence-corrected chi connectivity index (χ1v) is 11.2. The summed E-state index contributed by atoms with van der Waals surface area (Å²) >= 11 is 0. The molecular weight excluding hydrogens is 462 g/mol. The maximum atomic E-state index is 13.1. The van der Waals surface area contributed by atoms with E-state index in [4.69, 9.17) is 11.5 Å². The largest absolute Gasteiger partial charge is 0.480 e. The molecule has 0 spiro atoms. The van der Waals surface area contributed by atoms with Gasteiger partial charge in [-0.25, -0.2) is 9.78 Å². The minimum absolute atomic E-state index is 0.0185. The van der Waals surface area contributed by atoms with E-state index in [1.807, 2.05) is 6.92 Å². The van der Waals surface area contributed by atoms with E-state index < -0.39 is 59.9 Å². The number of H-pyrrole nitrogens is 1. The molecule has 0 aliphatic carbocycles. The molecule has 14 nitrogen and oxygen atoms in total. The van der Waals surface area contributed by atoms with Gasteiger partial charge in [0.05, 0.1) is 18.5 Å². The lowest BCUT2D eigenvalue weighted by Gasteiger charge is -2.27. The molecule has 10 N–H and O–H groups in total. The van der Waals surface area contributed by atoms with Crippen LogP contribution in [0.25, 0.3) is 0 Å². The molecule has 1 aromatic rings. The minimum atomic E-state index is -1.55. The van der Waals surface area contributed by atoms with Crippen LogP contribution in [0.4, 0.5) is 0 Å². The number of carboxylic acids is 1. The normalized spacial score (nSPS) is 16.1. The van der Waals surface area contributed by atoms with Gasteiger partial charge in [-0.3, -0.25) is 19.2 Å². The Balaban J connectivity index is 3.02. The van der Waals surface area contributed by atoms with Crippen LogP contribution < -0.4 is 27.4 Å². The van der Waals surface area contributed by atoms with Crippen molar-refractivity contribution in [2.24, 2.45) is 17.4 Å². The van der Waals surface area contributed by atoms with Crippen molar-refractivity contribution in [1.82, 2.24) is 25.9 Å². The van der Waals surface area contributed by atoms with Crippen LogP contribution in [0.15, 0.2) is 12.5 Å². The lowest BCUT2D eigenvalue weighted by Crippen LogP contribution is -2.60. The first kappa shape index (κ1) is 29.5. The van der Waals surface area contributed by atoms with Crippen LogP contribution in [0.1, 0.15) is 45.7 Å². The number of hydrogen-bond acceptors (Lipinski definition) is 8. The molecule has 6 unspecified atom stereocenters. The fourth-order valence-electron chi connectivity index (χ4n) is 3.07. The molecule has 14 heteroatoms. The zero-order valence-corrected chi connectivity index (χ0v) is 20.0. The van der Waals surface area contributed by atoms with E-state index in [1.54, 1.807) is 6.92 Å². The Morgan fingerprint density at radius 2 is 1.69 bits per heavy atom. The number of nitrogens with two attached hydrogens (primary N) is 2. The minimum Gasteiger partial charge on any atom is -0.480 e. The Hall–Kier alpha value is -3.52. The van der Waals surface area contributed by atoms with Crippen molar-refractivity contribution < 1.29 is 34.2 Å². The second-order valence-electron chi connectivity index (χ2n) is 8.38. The number of carbonyl (C=O) groups is 5. The number of carboxylic acid groups (broad SMARTS) is 1. The van der Waals surface area contributed by atoms with Crippen LogP contribution in [0, 0.1) is 5.92 Å². The molecule has 1 aromatic heterocycles. The van der Waals surface area contributed by atoms with Crippen molar-refractivity contribution in [2.75, 3.05) is 0 Å². The molecule has 4 amide bonds. The molecule has 0 saturated heterocycles. The van der Waals surface area contributed by atoms with Gasteiger partial charge < -0.3 is 42.6 Å². The second-order valence-corrected chi connectivity index (χ2v) is 8.38. The molecule has 35 heavy (non-hydrogen) atoms. The van der Waals surface area contributed by atoms with Crippen molar-refractivity contribution >= 4 is 29.6 Å². The number of primary amides is 1. The van der Waals surface area contributed by atoms with Crippen molar-refractivity contribution in [1.29, 1.82) is 0 Å². The Bertz CT molecular complexity index is 875. The van der Waals surface area contributed by atoms with Gasteiger partial charge in [0.25, 0.3) is 0 Å². The van der Waals surface area contributed by atoms with E-state index in [2.05, 4.69) is 25.9 Å². The molecule has 0 aliphatic rings. The number of nitrogens with zero attached hydrogens (tertiary/aromatic N) is 1. The number of carbonyl (C=O) groups excluding carboxylic acids is 4. The van der Waals surface area contributed by atoms with E-state index in [-0.39, 0.29) is 25.2 Å². The number of aromatic amines is 1. The highest BCUT2D eigenvalue weighted by molar-refractivity contribution is 5.94. The van der Waals surface area contributed by atoms with Gasteiger partial charge in [-0.1, -0.05) is 20.3 Å². The number of nitrogens with one attached hydrogen (secondary N) is 4. The lowest BCUT2D eigenvalue weighted by molar-refractivity contribution is -0.143. The van der Waals surface area contributed by atoms with Crippen LogP contribution in [-0.4, -0.2) is 80.1 Å².